The fourth-order valence-corrected chi connectivity index (χ4v) is 2.93. The van der Waals surface area contributed by atoms with Crippen LogP contribution in [0.5, 0.6) is 0 Å². The fraction of sp³-hybridized carbons (Fsp3) is 0.786. The van der Waals surface area contributed by atoms with Crippen molar-refractivity contribution in [3.63, 3.8) is 0 Å². The van der Waals surface area contributed by atoms with Crippen LogP contribution >= 0.6 is 11.6 Å². The molecule has 0 amide bonds. The van der Waals surface area contributed by atoms with Gasteiger partial charge in [-0.1, -0.05) is 37.3 Å². The Morgan fingerprint density at radius 1 is 1.28 bits per heavy atom. The first kappa shape index (κ1) is 13.9. The van der Waals surface area contributed by atoms with Crippen LogP contribution in [0.4, 0.5) is 0 Å². The van der Waals surface area contributed by atoms with Crippen molar-refractivity contribution in [2.75, 3.05) is 6.61 Å². The molecule has 3 nitrogen and oxygen atoms in total. The van der Waals surface area contributed by atoms with E-state index in [9.17, 15) is 0 Å². The van der Waals surface area contributed by atoms with Gasteiger partial charge in [0.2, 0.25) is 0 Å². The molecule has 0 atom stereocenters. The van der Waals surface area contributed by atoms with Gasteiger partial charge in [0.15, 0.2) is 0 Å². The maximum Gasteiger partial charge on any atom is 0.132 e. The van der Waals surface area contributed by atoms with E-state index >= 15 is 0 Å². The Morgan fingerprint density at radius 2 is 1.94 bits per heavy atom. The Hall–Kier alpha value is -0.540. The Kier molecular flexibility index (Phi) is 5.07. The largest absolute Gasteiger partial charge is 0.376 e. The first-order valence-electron chi connectivity index (χ1n) is 6.94. The van der Waals surface area contributed by atoms with Crippen molar-refractivity contribution in [2.45, 2.75) is 52.1 Å². The summed E-state index contributed by atoms with van der Waals surface area (Å²) in [7, 11) is 1.87. The zero-order valence-electron chi connectivity index (χ0n) is 11.4. The molecule has 1 aliphatic rings. The molecular formula is C14H23ClN2O. The van der Waals surface area contributed by atoms with Crippen molar-refractivity contribution in [3.05, 3.63) is 16.4 Å². The van der Waals surface area contributed by atoms with Crippen LogP contribution in [0.3, 0.4) is 0 Å². The van der Waals surface area contributed by atoms with Gasteiger partial charge < -0.3 is 4.74 Å². The molecule has 0 spiro atoms. The highest BCUT2D eigenvalue weighted by Crippen LogP contribution is 2.24. The molecule has 0 N–H and O–H groups in total. The van der Waals surface area contributed by atoms with Crippen LogP contribution in [0.2, 0.25) is 5.15 Å². The molecule has 2 rings (SSSR count). The predicted octanol–water partition coefficient (Wildman–Crippen LogP) is 3.87. The van der Waals surface area contributed by atoms with Crippen LogP contribution in [-0.2, 0) is 18.4 Å². The number of aromatic nitrogens is 2. The average molecular weight is 271 g/mol. The number of ether oxygens (including phenoxy) is 1. The Labute approximate surface area is 114 Å². The summed E-state index contributed by atoms with van der Waals surface area (Å²) in [5, 5.41) is 5.00. The molecule has 0 aromatic carbocycles. The molecule has 0 aliphatic heterocycles. The van der Waals surface area contributed by atoms with Gasteiger partial charge in [-0.2, -0.15) is 5.10 Å². The van der Waals surface area contributed by atoms with Crippen molar-refractivity contribution < 1.29 is 4.74 Å². The van der Waals surface area contributed by atoms with E-state index in [0.29, 0.717) is 11.8 Å². The van der Waals surface area contributed by atoms with Crippen molar-refractivity contribution in [1.82, 2.24) is 9.78 Å². The molecular weight excluding hydrogens is 248 g/mol. The van der Waals surface area contributed by atoms with E-state index in [0.717, 1.165) is 23.8 Å². The number of nitrogens with zero attached hydrogens (tertiary/aromatic N) is 2. The van der Waals surface area contributed by atoms with Crippen LogP contribution in [0.15, 0.2) is 0 Å². The second-order valence-corrected chi connectivity index (χ2v) is 5.71. The van der Waals surface area contributed by atoms with E-state index in [-0.39, 0.29) is 0 Å². The van der Waals surface area contributed by atoms with E-state index in [2.05, 4.69) is 5.10 Å². The molecule has 1 aromatic heterocycles. The second-order valence-electron chi connectivity index (χ2n) is 5.35. The molecule has 102 valence electrons. The highest BCUT2D eigenvalue weighted by molar-refractivity contribution is 6.30. The quantitative estimate of drug-likeness (QED) is 0.777. The minimum Gasteiger partial charge on any atom is -0.376 e. The van der Waals surface area contributed by atoms with Gasteiger partial charge >= 0.3 is 0 Å². The van der Waals surface area contributed by atoms with Gasteiger partial charge in [-0.15, -0.1) is 0 Å². The third-order valence-corrected chi connectivity index (χ3v) is 4.32. The average Bonchev–Trinajstić information content (AvgIpc) is 2.57. The monoisotopic (exact) mass is 270 g/mol. The van der Waals surface area contributed by atoms with Gasteiger partial charge in [-0.25, -0.2) is 0 Å². The molecule has 1 aliphatic carbocycles. The minimum absolute atomic E-state index is 0.592. The smallest absolute Gasteiger partial charge is 0.132 e. The van der Waals surface area contributed by atoms with Gasteiger partial charge in [0.05, 0.1) is 12.3 Å². The zero-order chi connectivity index (χ0) is 13.0. The van der Waals surface area contributed by atoms with Gasteiger partial charge in [-0.05, 0) is 25.7 Å². The summed E-state index contributed by atoms with van der Waals surface area (Å²) in [5.74, 6) is 0.739. The van der Waals surface area contributed by atoms with Crippen molar-refractivity contribution in [1.29, 1.82) is 0 Å². The highest BCUT2D eigenvalue weighted by atomic mass is 35.5. The van der Waals surface area contributed by atoms with Gasteiger partial charge in [0.25, 0.3) is 0 Å². The topological polar surface area (TPSA) is 27.1 Å². The first-order valence-corrected chi connectivity index (χ1v) is 7.32. The van der Waals surface area contributed by atoms with Gasteiger partial charge in [0, 0.05) is 19.2 Å². The van der Waals surface area contributed by atoms with Crippen LogP contribution < -0.4 is 0 Å². The van der Waals surface area contributed by atoms with E-state index in [1.54, 1.807) is 4.68 Å². The molecule has 0 radical (unpaired) electrons. The lowest BCUT2D eigenvalue weighted by molar-refractivity contribution is 0.0816. The lowest BCUT2D eigenvalue weighted by atomic mass is 10.0. The van der Waals surface area contributed by atoms with E-state index in [1.807, 2.05) is 14.0 Å². The van der Waals surface area contributed by atoms with E-state index < -0.39 is 0 Å². The fourth-order valence-electron chi connectivity index (χ4n) is 2.70. The molecule has 0 bridgehead atoms. The minimum atomic E-state index is 0.592. The lowest BCUT2D eigenvalue weighted by Crippen LogP contribution is -2.09. The van der Waals surface area contributed by atoms with E-state index in [4.69, 9.17) is 16.3 Å². The molecule has 4 heteroatoms. The SMILES string of the molecule is Cc1nn(C)c(Cl)c1COCC1CCCCCC1. The lowest BCUT2D eigenvalue weighted by Gasteiger charge is -2.14. The highest BCUT2D eigenvalue weighted by Gasteiger charge is 2.14. The summed E-state index contributed by atoms with van der Waals surface area (Å²) in [6.07, 6.45) is 8.15. The van der Waals surface area contributed by atoms with Crippen LogP contribution in [-0.4, -0.2) is 16.4 Å². The molecule has 18 heavy (non-hydrogen) atoms. The summed E-state index contributed by atoms with van der Waals surface area (Å²) in [5.41, 5.74) is 2.01. The Balaban J connectivity index is 1.80. The van der Waals surface area contributed by atoms with Crippen LogP contribution in [0, 0.1) is 12.8 Å². The van der Waals surface area contributed by atoms with Crippen molar-refractivity contribution >= 4 is 11.6 Å². The Bertz CT molecular complexity index is 381. The molecule has 1 heterocycles. The number of rotatable bonds is 4. The summed E-state index contributed by atoms with van der Waals surface area (Å²) < 4.78 is 7.56. The third-order valence-electron chi connectivity index (χ3n) is 3.84. The van der Waals surface area contributed by atoms with Gasteiger partial charge in [0.1, 0.15) is 5.15 Å². The summed E-state index contributed by atoms with van der Waals surface area (Å²) in [6, 6.07) is 0. The molecule has 1 fully saturated rings. The third kappa shape index (κ3) is 3.48. The standard InChI is InChI=1S/C14H23ClN2O/c1-11-13(14(15)17(2)16-11)10-18-9-12-7-5-3-4-6-8-12/h12H,3-10H2,1-2H3. The second kappa shape index (κ2) is 6.58. The molecule has 0 unspecified atom stereocenters. The van der Waals surface area contributed by atoms with Crippen molar-refractivity contribution in [3.8, 4) is 0 Å². The first-order chi connectivity index (χ1) is 8.68. The maximum atomic E-state index is 6.18. The van der Waals surface area contributed by atoms with Crippen LogP contribution in [0.1, 0.15) is 49.8 Å². The van der Waals surface area contributed by atoms with Crippen LogP contribution in [0.25, 0.3) is 0 Å². The Morgan fingerprint density at radius 3 is 2.50 bits per heavy atom. The normalized spacial score (nSPS) is 17.9. The molecule has 1 aromatic rings. The van der Waals surface area contributed by atoms with Gasteiger partial charge in [-0.3, -0.25) is 4.68 Å². The molecule has 1 saturated carbocycles. The zero-order valence-corrected chi connectivity index (χ0v) is 12.2. The number of hydrogen-bond acceptors (Lipinski definition) is 2. The summed E-state index contributed by atoms with van der Waals surface area (Å²) in [4.78, 5) is 0. The van der Waals surface area contributed by atoms with E-state index in [1.165, 1.54) is 38.5 Å². The summed E-state index contributed by atoms with van der Waals surface area (Å²) >= 11 is 6.18. The number of hydrogen-bond donors (Lipinski definition) is 0. The van der Waals surface area contributed by atoms with Crippen molar-refractivity contribution in [2.24, 2.45) is 13.0 Å². The molecule has 0 saturated heterocycles. The number of halogens is 1. The number of aryl methyl sites for hydroxylation is 2. The summed E-state index contributed by atoms with van der Waals surface area (Å²) in [6.45, 7) is 3.44. The maximum absolute atomic E-state index is 6.18. The predicted molar refractivity (Wildman–Crippen MR) is 73.8 cm³/mol.